The predicted molar refractivity (Wildman–Crippen MR) is 55.5 cm³/mol. The fourth-order valence-corrected chi connectivity index (χ4v) is 1.41. The molecule has 0 unspecified atom stereocenters. The number of nitrogens with zero attached hydrogens (tertiary/aromatic N) is 1. The molecule has 6 heteroatoms. The first-order chi connectivity index (χ1) is 7.72. The Labute approximate surface area is 90.3 Å². The minimum Gasteiger partial charge on any atom is -0.395 e. The second-order valence-corrected chi connectivity index (χ2v) is 3.24. The first-order valence-electron chi connectivity index (χ1n) is 4.75. The summed E-state index contributed by atoms with van der Waals surface area (Å²) in [5.41, 5.74) is 0.721. The van der Waals surface area contributed by atoms with Crippen LogP contribution >= 0.6 is 0 Å². The molecule has 0 atom stereocenters. The molecule has 1 aromatic carbocycles. The lowest BCUT2D eigenvalue weighted by atomic mass is 10.2. The highest BCUT2D eigenvalue weighted by Gasteiger charge is 2.13. The van der Waals surface area contributed by atoms with Crippen molar-refractivity contribution in [2.24, 2.45) is 0 Å². The molecule has 2 rings (SSSR count). The van der Waals surface area contributed by atoms with Crippen molar-refractivity contribution in [1.82, 2.24) is 15.5 Å². The minimum atomic E-state index is -0.439. The third kappa shape index (κ3) is 1.87. The van der Waals surface area contributed by atoms with E-state index in [1.807, 2.05) is 0 Å². The van der Waals surface area contributed by atoms with Crippen LogP contribution in [-0.2, 0) is 0 Å². The fraction of sp³-hybridized carbons (Fsp3) is 0.200. The number of amides is 1. The van der Waals surface area contributed by atoms with E-state index in [0.717, 1.165) is 0 Å². The van der Waals surface area contributed by atoms with Crippen molar-refractivity contribution in [3.63, 3.8) is 0 Å². The van der Waals surface area contributed by atoms with Crippen LogP contribution in [0.25, 0.3) is 10.9 Å². The van der Waals surface area contributed by atoms with Gasteiger partial charge in [-0.05, 0) is 18.2 Å². The molecule has 3 N–H and O–H groups in total. The Hall–Kier alpha value is -1.95. The quantitative estimate of drug-likeness (QED) is 0.705. The Bertz CT molecular complexity index is 524. The summed E-state index contributed by atoms with van der Waals surface area (Å²) in [6.45, 7) is -0.00897. The van der Waals surface area contributed by atoms with Gasteiger partial charge in [-0.3, -0.25) is 9.89 Å². The Balaban J connectivity index is 2.37. The average molecular weight is 223 g/mol. The number of benzene rings is 1. The smallest absolute Gasteiger partial charge is 0.272 e. The van der Waals surface area contributed by atoms with Gasteiger partial charge in [-0.15, -0.1) is 0 Å². The van der Waals surface area contributed by atoms with E-state index in [1.165, 1.54) is 18.2 Å². The zero-order chi connectivity index (χ0) is 11.5. The zero-order valence-electron chi connectivity index (χ0n) is 8.33. The van der Waals surface area contributed by atoms with Crippen molar-refractivity contribution < 1.29 is 14.3 Å². The maximum absolute atomic E-state index is 13.0. The maximum Gasteiger partial charge on any atom is 0.272 e. The highest BCUT2D eigenvalue weighted by Crippen LogP contribution is 2.16. The lowest BCUT2D eigenvalue weighted by Crippen LogP contribution is -2.26. The Morgan fingerprint density at radius 1 is 1.56 bits per heavy atom. The number of aliphatic hydroxyl groups excluding tert-OH is 1. The number of aromatic amines is 1. The van der Waals surface area contributed by atoms with E-state index in [9.17, 15) is 9.18 Å². The van der Waals surface area contributed by atoms with Crippen molar-refractivity contribution in [1.29, 1.82) is 0 Å². The molecule has 1 aromatic heterocycles. The third-order valence-electron chi connectivity index (χ3n) is 2.14. The van der Waals surface area contributed by atoms with Crippen LogP contribution in [0, 0.1) is 5.82 Å². The van der Waals surface area contributed by atoms with Gasteiger partial charge in [0.25, 0.3) is 5.91 Å². The highest BCUT2D eigenvalue weighted by atomic mass is 19.1. The standard InChI is InChI=1S/C10H10FN3O2/c11-6-1-2-8-7(5-6)9(14-13-8)10(16)12-3-4-15/h1-2,5,15H,3-4H2,(H,12,16)(H,13,14). The SMILES string of the molecule is O=C(NCCO)c1n[nH]c2ccc(F)cc12. The van der Waals surface area contributed by atoms with Crippen molar-refractivity contribution >= 4 is 16.8 Å². The number of carbonyl (C=O) groups is 1. The molecule has 0 fully saturated rings. The molecule has 0 aliphatic heterocycles. The lowest BCUT2D eigenvalue weighted by Gasteiger charge is -1.99. The van der Waals surface area contributed by atoms with E-state index in [0.29, 0.717) is 10.9 Å². The van der Waals surface area contributed by atoms with Gasteiger partial charge in [-0.1, -0.05) is 0 Å². The zero-order valence-corrected chi connectivity index (χ0v) is 8.33. The molecule has 84 valence electrons. The van der Waals surface area contributed by atoms with Crippen LogP contribution < -0.4 is 5.32 Å². The summed E-state index contributed by atoms with van der Waals surface area (Å²) >= 11 is 0. The summed E-state index contributed by atoms with van der Waals surface area (Å²) in [6.07, 6.45) is 0. The number of fused-ring (bicyclic) bond motifs is 1. The molecule has 0 radical (unpaired) electrons. The van der Waals surface area contributed by atoms with E-state index in [2.05, 4.69) is 15.5 Å². The number of hydrogen-bond acceptors (Lipinski definition) is 3. The second kappa shape index (κ2) is 4.28. The molecule has 0 aliphatic rings. The van der Waals surface area contributed by atoms with Crippen molar-refractivity contribution in [3.05, 3.63) is 29.7 Å². The van der Waals surface area contributed by atoms with Crippen LogP contribution in [0.1, 0.15) is 10.5 Å². The summed E-state index contributed by atoms with van der Waals surface area (Å²) in [5, 5.41) is 17.9. The number of halogens is 1. The molecule has 16 heavy (non-hydrogen) atoms. The number of H-pyrrole nitrogens is 1. The molecule has 1 heterocycles. The number of hydrogen-bond donors (Lipinski definition) is 3. The van der Waals surface area contributed by atoms with Gasteiger partial charge in [0.1, 0.15) is 5.82 Å². The van der Waals surface area contributed by atoms with Crippen molar-refractivity contribution in [2.45, 2.75) is 0 Å². The van der Waals surface area contributed by atoms with E-state index in [1.54, 1.807) is 0 Å². The van der Waals surface area contributed by atoms with E-state index >= 15 is 0 Å². The van der Waals surface area contributed by atoms with Crippen molar-refractivity contribution in [3.8, 4) is 0 Å². The number of aromatic nitrogens is 2. The predicted octanol–water partition coefficient (Wildman–Crippen LogP) is 0.424. The largest absolute Gasteiger partial charge is 0.395 e. The summed E-state index contributed by atoms with van der Waals surface area (Å²) in [7, 11) is 0. The minimum absolute atomic E-state index is 0.128. The number of nitrogens with one attached hydrogen (secondary N) is 2. The molecule has 0 saturated heterocycles. The van der Waals surface area contributed by atoms with Crippen LogP contribution in [0.4, 0.5) is 4.39 Å². The van der Waals surface area contributed by atoms with E-state index in [4.69, 9.17) is 5.11 Å². The highest BCUT2D eigenvalue weighted by molar-refractivity contribution is 6.04. The normalized spacial score (nSPS) is 10.6. The summed E-state index contributed by atoms with van der Waals surface area (Å²) < 4.78 is 13.0. The monoisotopic (exact) mass is 223 g/mol. The summed E-state index contributed by atoms with van der Waals surface area (Å²) in [4.78, 5) is 11.6. The molecule has 2 aromatic rings. The van der Waals surface area contributed by atoms with Crippen LogP contribution in [0.3, 0.4) is 0 Å². The van der Waals surface area contributed by atoms with Gasteiger partial charge in [0, 0.05) is 11.9 Å². The van der Waals surface area contributed by atoms with E-state index in [-0.39, 0.29) is 18.8 Å². The van der Waals surface area contributed by atoms with Gasteiger partial charge in [-0.25, -0.2) is 4.39 Å². The van der Waals surface area contributed by atoms with Gasteiger partial charge >= 0.3 is 0 Å². The van der Waals surface area contributed by atoms with E-state index < -0.39 is 11.7 Å². The molecule has 5 nitrogen and oxygen atoms in total. The van der Waals surface area contributed by atoms with Gasteiger partial charge in [0.05, 0.1) is 12.1 Å². The average Bonchev–Trinajstić information content (AvgIpc) is 2.68. The van der Waals surface area contributed by atoms with Gasteiger partial charge in [0.15, 0.2) is 5.69 Å². The van der Waals surface area contributed by atoms with Crippen LogP contribution in [0.2, 0.25) is 0 Å². The molecular weight excluding hydrogens is 213 g/mol. The van der Waals surface area contributed by atoms with Crippen LogP contribution in [-0.4, -0.2) is 34.4 Å². The molecule has 0 aliphatic carbocycles. The Morgan fingerprint density at radius 2 is 2.38 bits per heavy atom. The van der Waals surface area contributed by atoms with Gasteiger partial charge in [0.2, 0.25) is 0 Å². The summed E-state index contributed by atoms with van der Waals surface area (Å²) in [5.74, 6) is -0.865. The third-order valence-corrected chi connectivity index (χ3v) is 2.14. The number of rotatable bonds is 3. The molecule has 0 saturated carbocycles. The Kier molecular flexibility index (Phi) is 2.82. The first-order valence-corrected chi connectivity index (χ1v) is 4.75. The van der Waals surface area contributed by atoms with Crippen LogP contribution in [0.5, 0.6) is 0 Å². The molecule has 0 spiro atoms. The lowest BCUT2D eigenvalue weighted by molar-refractivity contribution is 0.0941. The maximum atomic E-state index is 13.0. The topological polar surface area (TPSA) is 78.0 Å². The number of carbonyl (C=O) groups excluding carboxylic acids is 1. The second-order valence-electron chi connectivity index (χ2n) is 3.24. The van der Waals surface area contributed by atoms with Gasteiger partial charge in [-0.2, -0.15) is 5.10 Å². The van der Waals surface area contributed by atoms with Gasteiger partial charge < -0.3 is 10.4 Å². The first kappa shape index (κ1) is 10.6. The molecule has 0 bridgehead atoms. The number of aliphatic hydroxyl groups is 1. The molecule has 1 amide bonds. The summed E-state index contributed by atoms with van der Waals surface area (Å²) in [6, 6.07) is 4.04. The fourth-order valence-electron chi connectivity index (χ4n) is 1.41. The Morgan fingerprint density at radius 3 is 3.12 bits per heavy atom. The van der Waals surface area contributed by atoms with Crippen molar-refractivity contribution in [2.75, 3.05) is 13.2 Å². The molecular formula is C10H10FN3O2. The van der Waals surface area contributed by atoms with Crippen LogP contribution in [0.15, 0.2) is 18.2 Å².